The lowest BCUT2D eigenvalue weighted by Gasteiger charge is -2.28. The lowest BCUT2D eigenvalue weighted by atomic mass is 10.0. The number of aromatic nitrogens is 1. The summed E-state index contributed by atoms with van der Waals surface area (Å²) in [4.78, 5) is 6.91. The van der Waals surface area contributed by atoms with E-state index in [1.54, 1.807) is 0 Å². The topological polar surface area (TPSA) is 28.2 Å². The van der Waals surface area contributed by atoms with Crippen LogP contribution < -0.4 is 5.32 Å². The van der Waals surface area contributed by atoms with Gasteiger partial charge in [0.1, 0.15) is 0 Å². The fraction of sp³-hybridized carbons (Fsp3) is 0.667. The molecule has 3 nitrogen and oxygen atoms in total. The quantitative estimate of drug-likeness (QED) is 0.805. The highest BCUT2D eigenvalue weighted by Gasteiger charge is 2.15. The number of nitrogens with one attached hydrogen (secondary N) is 1. The van der Waals surface area contributed by atoms with Crippen LogP contribution in [0.4, 0.5) is 0 Å². The molecule has 0 saturated carbocycles. The highest BCUT2D eigenvalue weighted by atomic mass is 15.1. The van der Waals surface area contributed by atoms with Gasteiger partial charge in [0.2, 0.25) is 0 Å². The second kappa shape index (κ2) is 7.49. The zero-order valence-corrected chi connectivity index (χ0v) is 12.4. The van der Waals surface area contributed by atoms with E-state index >= 15 is 0 Å². The lowest BCUT2D eigenvalue weighted by molar-refractivity contribution is 0.198. The van der Waals surface area contributed by atoms with E-state index in [1.165, 1.54) is 11.3 Å². The number of hydrogen-bond donors (Lipinski definition) is 1. The third-order valence-corrected chi connectivity index (χ3v) is 3.61. The zero-order valence-electron chi connectivity index (χ0n) is 12.4. The molecule has 0 aromatic carbocycles. The zero-order chi connectivity index (χ0) is 13.5. The Bertz CT molecular complexity index is 349. The van der Waals surface area contributed by atoms with Crippen molar-refractivity contribution in [3.63, 3.8) is 0 Å². The first-order chi connectivity index (χ1) is 8.56. The molecule has 0 aliphatic heterocycles. The summed E-state index contributed by atoms with van der Waals surface area (Å²) in [7, 11) is 2.18. The second-order valence-corrected chi connectivity index (χ2v) is 5.29. The van der Waals surface area contributed by atoms with E-state index in [-0.39, 0.29) is 0 Å². The highest BCUT2D eigenvalue weighted by molar-refractivity contribution is 5.19. The Kier molecular flexibility index (Phi) is 6.30. The van der Waals surface area contributed by atoms with Crippen molar-refractivity contribution in [1.29, 1.82) is 0 Å². The van der Waals surface area contributed by atoms with E-state index in [4.69, 9.17) is 0 Å². The fourth-order valence-corrected chi connectivity index (χ4v) is 1.92. The molecule has 0 aliphatic rings. The van der Waals surface area contributed by atoms with Gasteiger partial charge in [-0.05, 0) is 38.1 Å². The van der Waals surface area contributed by atoms with Crippen molar-refractivity contribution in [1.82, 2.24) is 15.2 Å². The second-order valence-electron chi connectivity index (χ2n) is 5.29. The molecule has 102 valence electrons. The van der Waals surface area contributed by atoms with Gasteiger partial charge in [-0.15, -0.1) is 0 Å². The summed E-state index contributed by atoms with van der Waals surface area (Å²) in [5, 5.41) is 3.37. The molecular weight excluding hydrogens is 222 g/mol. The van der Waals surface area contributed by atoms with Crippen molar-refractivity contribution in [2.75, 3.05) is 13.6 Å². The minimum absolute atomic E-state index is 0.569. The summed E-state index contributed by atoms with van der Waals surface area (Å²) in [5.74, 6) is 0.663. The van der Waals surface area contributed by atoms with E-state index in [0.717, 1.165) is 19.6 Å². The van der Waals surface area contributed by atoms with Crippen LogP contribution in [0, 0.1) is 5.92 Å². The van der Waals surface area contributed by atoms with Gasteiger partial charge in [-0.2, -0.15) is 0 Å². The predicted octanol–water partition coefficient (Wildman–Crippen LogP) is 2.67. The summed E-state index contributed by atoms with van der Waals surface area (Å²) >= 11 is 0. The summed E-state index contributed by atoms with van der Waals surface area (Å²) in [6.45, 7) is 11.7. The van der Waals surface area contributed by atoms with Gasteiger partial charge in [-0.3, -0.25) is 9.88 Å². The number of rotatable bonds is 7. The molecule has 1 heterocycles. The first-order valence-corrected chi connectivity index (χ1v) is 6.90. The number of pyridine rings is 1. The maximum absolute atomic E-state index is 4.53. The van der Waals surface area contributed by atoms with Crippen molar-refractivity contribution in [2.45, 2.75) is 46.8 Å². The average Bonchev–Trinajstić information content (AvgIpc) is 2.36. The van der Waals surface area contributed by atoms with Crippen LogP contribution in [0.2, 0.25) is 0 Å². The lowest BCUT2D eigenvalue weighted by Crippen LogP contribution is -2.33. The Balaban J connectivity index is 2.71. The van der Waals surface area contributed by atoms with E-state index in [9.17, 15) is 0 Å². The van der Waals surface area contributed by atoms with Crippen LogP contribution in [0.3, 0.4) is 0 Å². The van der Waals surface area contributed by atoms with Gasteiger partial charge in [0.05, 0.1) is 5.69 Å². The molecule has 0 radical (unpaired) electrons. The first kappa shape index (κ1) is 15.1. The van der Waals surface area contributed by atoms with E-state index < -0.39 is 0 Å². The molecule has 1 rings (SSSR count). The number of hydrogen-bond acceptors (Lipinski definition) is 3. The van der Waals surface area contributed by atoms with E-state index in [1.807, 2.05) is 12.3 Å². The third-order valence-electron chi connectivity index (χ3n) is 3.61. The highest BCUT2D eigenvalue weighted by Crippen LogP contribution is 2.13. The van der Waals surface area contributed by atoms with Crippen LogP contribution in [0.1, 0.15) is 39.0 Å². The molecule has 3 heteroatoms. The summed E-state index contributed by atoms with van der Waals surface area (Å²) in [6.07, 6.45) is 1.89. The van der Waals surface area contributed by atoms with Gasteiger partial charge in [-0.25, -0.2) is 0 Å². The Morgan fingerprint density at radius 3 is 2.67 bits per heavy atom. The maximum atomic E-state index is 4.53. The van der Waals surface area contributed by atoms with Gasteiger partial charge in [0.15, 0.2) is 0 Å². The van der Waals surface area contributed by atoms with Crippen LogP contribution in [-0.2, 0) is 13.1 Å². The van der Waals surface area contributed by atoms with Gasteiger partial charge in [-0.1, -0.05) is 26.8 Å². The standard InChI is InChI=1S/C15H27N3/c1-6-16-10-14-8-7-9-17-15(14)11-18(5)13(4)12(2)3/h7-9,12-13,16H,6,10-11H2,1-5H3. The van der Waals surface area contributed by atoms with Gasteiger partial charge in [0.25, 0.3) is 0 Å². The molecule has 1 aromatic rings. The largest absolute Gasteiger partial charge is 0.313 e. The normalized spacial score (nSPS) is 13.3. The maximum Gasteiger partial charge on any atom is 0.0588 e. The monoisotopic (exact) mass is 249 g/mol. The smallest absolute Gasteiger partial charge is 0.0588 e. The molecule has 1 N–H and O–H groups in total. The fourth-order valence-electron chi connectivity index (χ4n) is 1.92. The van der Waals surface area contributed by atoms with Gasteiger partial charge < -0.3 is 5.32 Å². The number of nitrogens with zero attached hydrogens (tertiary/aromatic N) is 2. The molecule has 0 aliphatic carbocycles. The van der Waals surface area contributed by atoms with Crippen LogP contribution in [-0.4, -0.2) is 29.5 Å². The Morgan fingerprint density at radius 1 is 1.33 bits per heavy atom. The Morgan fingerprint density at radius 2 is 2.06 bits per heavy atom. The summed E-state index contributed by atoms with van der Waals surface area (Å²) < 4.78 is 0. The van der Waals surface area contributed by atoms with E-state index in [2.05, 4.69) is 56.0 Å². The molecule has 18 heavy (non-hydrogen) atoms. The van der Waals surface area contributed by atoms with Gasteiger partial charge in [0, 0.05) is 25.3 Å². The first-order valence-electron chi connectivity index (χ1n) is 6.90. The average molecular weight is 249 g/mol. The van der Waals surface area contributed by atoms with E-state index in [0.29, 0.717) is 12.0 Å². The molecule has 0 spiro atoms. The molecule has 0 fully saturated rings. The minimum atomic E-state index is 0.569. The predicted molar refractivity (Wildman–Crippen MR) is 77.4 cm³/mol. The van der Waals surface area contributed by atoms with Crippen molar-refractivity contribution >= 4 is 0 Å². The van der Waals surface area contributed by atoms with Crippen molar-refractivity contribution in [3.8, 4) is 0 Å². The molecule has 1 atom stereocenters. The Hall–Kier alpha value is -0.930. The molecular formula is C15H27N3. The molecule has 0 saturated heterocycles. The van der Waals surface area contributed by atoms with Crippen LogP contribution in [0.5, 0.6) is 0 Å². The molecule has 1 unspecified atom stereocenters. The molecule has 0 amide bonds. The Labute approximate surface area is 112 Å². The molecule has 0 bridgehead atoms. The summed E-state index contributed by atoms with van der Waals surface area (Å²) in [6, 6.07) is 4.75. The van der Waals surface area contributed by atoms with Gasteiger partial charge >= 0.3 is 0 Å². The van der Waals surface area contributed by atoms with Crippen molar-refractivity contribution in [3.05, 3.63) is 29.6 Å². The summed E-state index contributed by atoms with van der Waals surface area (Å²) in [5.41, 5.74) is 2.50. The van der Waals surface area contributed by atoms with Crippen LogP contribution in [0.15, 0.2) is 18.3 Å². The minimum Gasteiger partial charge on any atom is -0.313 e. The van der Waals surface area contributed by atoms with Crippen molar-refractivity contribution < 1.29 is 0 Å². The third kappa shape index (κ3) is 4.39. The van der Waals surface area contributed by atoms with Crippen LogP contribution in [0.25, 0.3) is 0 Å². The SMILES string of the molecule is CCNCc1cccnc1CN(C)C(C)C(C)C. The van der Waals surface area contributed by atoms with Crippen molar-refractivity contribution in [2.24, 2.45) is 5.92 Å². The molecule has 1 aromatic heterocycles. The van der Waals surface area contributed by atoms with Crippen LogP contribution >= 0.6 is 0 Å².